The number of aliphatic hydroxyl groups is 1. The molecule has 7 heteroatoms. The summed E-state index contributed by atoms with van der Waals surface area (Å²) in [5.74, 6) is 0.219. The number of rotatable bonds is 7. The molecule has 1 saturated heterocycles. The Morgan fingerprint density at radius 2 is 1.94 bits per heavy atom. The van der Waals surface area contributed by atoms with Gasteiger partial charge in [0.2, 0.25) is 0 Å². The number of benzene rings is 2. The molecule has 1 fully saturated rings. The molecule has 0 aromatic heterocycles. The molecule has 31 heavy (non-hydrogen) atoms. The number of nitrogens with one attached hydrogen (secondary N) is 1. The number of hydrogen-bond donors (Lipinski definition) is 2. The molecule has 0 saturated carbocycles. The summed E-state index contributed by atoms with van der Waals surface area (Å²) in [6, 6.07) is 13.9. The van der Waals surface area contributed by atoms with Gasteiger partial charge in [-0.05, 0) is 54.7 Å². The molecule has 2 atom stereocenters. The molecule has 1 aliphatic heterocycles. The maximum Gasteiger partial charge on any atom is 0.325 e. The molecule has 162 valence electrons. The molecule has 0 bridgehead atoms. The highest BCUT2D eigenvalue weighted by Crippen LogP contribution is 2.39. The van der Waals surface area contributed by atoms with Gasteiger partial charge in [-0.15, -0.1) is 0 Å². The lowest BCUT2D eigenvalue weighted by Crippen LogP contribution is -2.47. The van der Waals surface area contributed by atoms with Crippen LogP contribution in [-0.4, -0.2) is 47.0 Å². The van der Waals surface area contributed by atoms with E-state index in [1.807, 2.05) is 24.3 Å². The smallest absolute Gasteiger partial charge is 0.325 e. The van der Waals surface area contributed by atoms with E-state index in [2.05, 4.69) is 5.32 Å². The monoisotopic (exact) mass is 422 g/mol. The second-order valence-corrected chi connectivity index (χ2v) is 8.03. The summed E-state index contributed by atoms with van der Waals surface area (Å²) in [6.45, 7) is 1.57. The van der Waals surface area contributed by atoms with Crippen LogP contribution >= 0.6 is 0 Å². The topological polar surface area (TPSA) is 95.9 Å². The molecular weight excluding hydrogens is 396 g/mol. The number of Topliss-reactive ketones (excluding diaryl/α,β-unsaturated/α-hetero) is 1. The van der Waals surface area contributed by atoms with E-state index in [9.17, 15) is 19.5 Å². The van der Waals surface area contributed by atoms with Gasteiger partial charge in [-0.1, -0.05) is 31.2 Å². The fraction of sp³-hybridized carbons (Fsp3) is 0.375. The van der Waals surface area contributed by atoms with Crippen LogP contribution in [0.4, 0.5) is 4.79 Å². The quantitative estimate of drug-likeness (QED) is 0.528. The highest BCUT2D eigenvalue weighted by molar-refractivity contribution is 6.07. The molecule has 1 heterocycles. The number of nitrogens with zero attached hydrogens (tertiary/aromatic N) is 1. The minimum atomic E-state index is -1.05. The van der Waals surface area contributed by atoms with Gasteiger partial charge in [0.15, 0.2) is 5.78 Å². The van der Waals surface area contributed by atoms with Crippen LogP contribution in [0.5, 0.6) is 5.75 Å². The van der Waals surface area contributed by atoms with Crippen molar-refractivity contribution in [3.8, 4) is 5.75 Å². The first-order valence-electron chi connectivity index (χ1n) is 10.6. The number of fused-ring (bicyclic) bond motifs is 2. The van der Waals surface area contributed by atoms with Crippen LogP contribution in [-0.2, 0) is 16.8 Å². The number of aliphatic hydroxyl groups excluding tert-OH is 1. The number of carbonyl (C=O) groups is 3. The Bertz CT molecular complexity index is 1000. The number of hydrogen-bond acceptors (Lipinski definition) is 5. The highest BCUT2D eigenvalue weighted by Gasteiger charge is 2.54. The third-order valence-corrected chi connectivity index (χ3v) is 5.98. The lowest BCUT2D eigenvalue weighted by molar-refractivity contribution is -0.133. The summed E-state index contributed by atoms with van der Waals surface area (Å²) in [7, 11) is 0. The van der Waals surface area contributed by atoms with Crippen molar-refractivity contribution in [1.82, 2.24) is 10.2 Å². The van der Waals surface area contributed by atoms with Crippen LogP contribution in [0.15, 0.2) is 48.5 Å². The second kappa shape index (κ2) is 8.51. The molecule has 2 N–H and O–H groups in total. The zero-order valence-electron chi connectivity index (χ0n) is 17.5. The van der Waals surface area contributed by atoms with Gasteiger partial charge >= 0.3 is 6.03 Å². The van der Waals surface area contributed by atoms with Crippen molar-refractivity contribution in [2.45, 2.75) is 44.2 Å². The molecule has 7 nitrogen and oxygen atoms in total. The van der Waals surface area contributed by atoms with E-state index in [0.717, 1.165) is 28.9 Å². The SMILES string of the molecule is CCC(=O)c1ccc(OC[C@H](O)CN2C(=O)N[C@@]3(CCCc4ccccc43)C2=O)cc1. The number of carbonyl (C=O) groups excluding carboxylic acids is 3. The maximum absolute atomic E-state index is 13.3. The van der Waals surface area contributed by atoms with E-state index in [1.165, 1.54) is 0 Å². The van der Waals surface area contributed by atoms with E-state index < -0.39 is 17.7 Å². The van der Waals surface area contributed by atoms with Gasteiger partial charge in [-0.3, -0.25) is 14.5 Å². The zero-order valence-corrected chi connectivity index (χ0v) is 17.5. The fourth-order valence-corrected chi connectivity index (χ4v) is 4.37. The lowest BCUT2D eigenvalue weighted by atomic mass is 9.76. The largest absolute Gasteiger partial charge is 0.491 e. The van der Waals surface area contributed by atoms with Crippen molar-refractivity contribution >= 4 is 17.7 Å². The molecule has 2 aromatic rings. The van der Waals surface area contributed by atoms with Gasteiger partial charge in [-0.2, -0.15) is 0 Å². The number of β-amino-alcohol motifs (C(OH)–C–C–N with tert-alkyl or cyclic N) is 1. The van der Waals surface area contributed by atoms with Crippen LogP contribution in [0.25, 0.3) is 0 Å². The summed E-state index contributed by atoms with van der Waals surface area (Å²) >= 11 is 0. The average molecular weight is 422 g/mol. The maximum atomic E-state index is 13.3. The Kier molecular flexibility index (Phi) is 5.78. The lowest BCUT2D eigenvalue weighted by Gasteiger charge is -2.33. The molecule has 3 amide bonds. The molecule has 1 spiro atoms. The van der Waals surface area contributed by atoms with Crippen molar-refractivity contribution in [2.75, 3.05) is 13.2 Å². The van der Waals surface area contributed by atoms with Crippen molar-refractivity contribution in [3.63, 3.8) is 0 Å². The molecule has 1 aliphatic carbocycles. The highest BCUT2D eigenvalue weighted by atomic mass is 16.5. The molecule has 0 radical (unpaired) electrons. The Morgan fingerprint density at radius 3 is 2.68 bits per heavy atom. The summed E-state index contributed by atoms with van der Waals surface area (Å²) in [4.78, 5) is 38.6. The summed E-state index contributed by atoms with van der Waals surface area (Å²) in [5, 5.41) is 13.3. The van der Waals surface area contributed by atoms with Crippen LogP contribution < -0.4 is 10.1 Å². The first kappa shape index (κ1) is 21.1. The van der Waals surface area contributed by atoms with Gasteiger partial charge in [0.05, 0.1) is 6.54 Å². The molecule has 0 unspecified atom stereocenters. The fourth-order valence-electron chi connectivity index (χ4n) is 4.37. The summed E-state index contributed by atoms with van der Waals surface area (Å²) < 4.78 is 5.58. The van der Waals surface area contributed by atoms with Gasteiger partial charge in [0.25, 0.3) is 5.91 Å². The van der Waals surface area contributed by atoms with E-state index in [4.69, 9.17) is 4.74 Å². The Balaban J connectivity index is 1.40. The first-order valence-corrected chi connectivity index (χ1v) is 10.6. The minimum Gasteiger partial charge on any atom is -0.491 e. The van der Waals surface area contributed by atoms with Crippen LogP contribution in [0.2, 0.25) is 0 Å². The van der Waals surface area contributed by atoms with E-state index in [-0.39, 0.29) is 24.8 Å². The van der Waals surface area contributed by atoms with Gasteiger partial charge in [0, 0.05) is 12.0 Å². The van der Waals surface area contributed by atoms with Crippen LogP contribution in [0, 0.1) is 0 Å². The van der Waals surface area contributed by atoms with Gasteiger partial charge in [-0.25, -0.2) is 4.79 Å². The first-order chi connectivity index (χ1) is 14.9. The molecule has 2 aromatic carbocycles. The van der Waals surface area contributed by atoms with Crippen molar-refractivity contribution < 1.29 is 24.2 Å². The standard InChI is InChI=1S/C24H26N2O5/c1-2-21(28)17-9-11-19(12-10-17)31-15-18(27)14-26-22(29)24(25-23(26)30)13-5-7-16-6-3-4-8-20(16)24/h3-4,6,8-12,18,27H,2,5,7,13-15H2,1H3,(H,25,30)/t18-,24-/m1/s1. The number of ether oxygens (including phenoxy) is 1. The molecule has 4 rings (SSSR count). The molecule has 2 aliphatic rings. The summed E-state index contributed by atoms with van der Waals surface area (Å²) in [6.07, 6.45) is 1.61. The van der Waals surface area contributed by atoms with Crippen molar-refractivity contribution in [3.05, 3.63) is 65.2 Å². The minimum absolute atomic E-state index is 0.0448. The van der Waals surface area contributed by atoms with E-state index in [1.54, 1.807) is 31.2 Å². The zero-order chi connectivity index (χ0) is 22.0. The summed E-state index contributed by atoms with van der Waals surface area (Å²) in [5.41, 5.74) is 1.47. The number of urea groups is 1. The number of imide groups is 1. The number of aryl methyl sites for hydroxylation is 1. The van der Waals surface area contributed by atoms with Crippen LogP contribution in [0.1, 0.15) is 47.7 Å². The number of ketones is 1. The predicted molar refractivity (Wildman–Crippen MR) is 114 cm³/mol. The second-order valence-electron chi connectivity index (χ2n) is 8.03. The average Bonchev–Trinajstić information content (AvgIpc) is 3.02. The number of amides is 3. The van der Waals surface area contributed by atoms with Gasteiger partial charge in [0.1, 0.15) is 24.0 Å². The predicted octanol–water partition coefficient (Wildman–Crippen LogP) is 2.80. The Labute approximate surface area is 181 Å². The van der Waals surface area contributed by atoms with E-state index >= 15 is 0 Å². The molecular formula is C24H26N2O5. The normalized spacial score (nSPS) is 21.0. The Morgan fingerprint density at radius 1 is 1.19 bits per heavy atom. The van der Waals surface area contributed by atoms with Crippen LogP contribution in [0.3, 0.4) is 0 Å². The van der Waals surface area contributed by atoms with E-state index in [0.29, 0.717) is 24.2 Å². The van der Waals surface area contributed by atoms with Crippen molar-refractivity contribution in [1.29, 1.82) is 0 Å². The Hall–Kier alpha value is -3.19. The third kappa shape index (κ3) is 3.93. The van der Waals surface area contributed by atoms with Gasteiger partial charge < -0.3 is 15.2 Å². The van der Waals surface area contributed by atoms with Crippen molar-refractivity contribution in [2.24, 2.45) is 0 Å². The third-order valence-electron chi connectivity index (χ3n) is 5.98.